The molecule has 2 atom stereocenters. The molecule has 1 aromatic rings. The molecule has 1 fully saturated rings. The Morgan fingerprint density at radius 3 is 2.62 bits per heavy atom. The number of hydrogen-bond acceptors (Lipinski definition) is 7. The first-order valence-corrected chi connectivity index (χ1v) is 8.13. The second-order valence-corrected chi connectivity index (χ2v) is 6.49. The van der Waals surface area contributed by atoms with E-state index in [0.717, 1.165) is 25.8 Å². The topological polar surface area (TPSA) is 111 Å². The van der Waals surface area contributed by atoms with Crippen LogP contribution in [0.4, 0.5) is 11.9 Å². The molecule has 2 unspecified atom stereocenters. The molecule has 8 heteroatoms. The van der Waals surface area contributed by atoms with Gasteiger partial charge in [-0.1, -0.05) is 18.7 Å². The minimum atomic E-state index is -0.265. The van der Waals surface area contributed by atoms with Gasteiger partial charge in [0.15, 0.2) is 5.16 Å². The third kappa shape index (κ3) is 3.96. The van der Waals surface area contributed by atoms with E-state index in [9.17, 15) is 4.79 Å². The first kappa shape index (κ1) is 15.8. The lowest BCUT2D eigenvalue weighted by Gasteiger charge is -2.36. The molecule has 2 rings (SSSR count). The summed E-state index contributed by atoms with van der Waals surface area (Å²) in [7, 11) is 0. The number of piperidine rings is 1. The van der Waals surface area contributed by atoms with Gasteiger partial charge in [0.05, 0.1) is 5.25 Å². The predicted molar refractivity (Wildman–Crippen MR) is 83.6 cm³/mol. The van der Waals surface area contributed by atoms with Crippen LogP contribution < -0.4 is 11.5 Å². The van der Waals surface area contributed by atoms with Crippen LogP contribution in [0.15, 0.2) is 5.16 Å². The Hall–Kier alpha value is -1.57. The third-order valence-electron chi connectivity index (χ3n) is 3.66. The quantitative estimate of drug-likeness (QED) is 0.806. The van der Waals surface area contributed by atoms with Crippen molar-refractivity contribution in [1.29, 1.82) is 0 Å². The normalized spacial score (nSPS) is 20.3. The van der Waals surface area contributed by atoms with Crippen molar-refractivity contribution in [2.75, 3.05) is 18.0 Å². The van der Waals surface area contributed by atoms with Gasteiger partial charge >= 0.3 is 0 Å². The van der Waals surface area contributed by atoms with E-state index in [1.54, 1.807) is 0 Å². The average molecular weight is 310 g/mol. The van der Waals surface area contributed by atoms with Crippen molar-refractivity contribution in [2.45, 2.75) is 56.0 Å². The Morgan fingerprint density at radius 2 is 2.00 bits per heavy atom. The first-order chi connectivity index (χ1) is 10.0. The Kier molecular flexibility index (Phi) is 5.22. The monoisotopic (exact) mass is 310 g/mol. The van der Waals surface area contributed by atoms with Gasteiger partial charge in [0.25, 0.3) is 0 Å². The summed E-state index contributed by atoms with van der Waals surface area (Å²) in [5, 5.41) is 0.129. The van der Waals surface area contributed by atoms with Gasteiger partial charge in [0.2, 0.25) is 17.8 Å². The molecular weight excluding hydrogens is 288 g/mol. The number of nitrogens with two attached hydrogens (primary N) is 2. The van der Waals surface area contributed by atoms with Crippen molar-refractivity contribution in [3.63, 3.8) is 0 Å². The van der Waals surface area contributed by atoms with Crippen LogP contribution in [0.2, 0.25) is 0 Å². The molecule has 1 aromatic heterocycles. The number of hydrogen-bond donors (Lipinski definition) is 2. The van der Waals surface area contributed by atoms with E-state index in [1.807, 2.05) is 11.8 Å². The van der Waals surface area contributed by atoms with E-state index < -0.39 is 0 Å². The number of carbonyl (C=O) groups is 1. The van der Waals surface area contributed by atoms with E-state index in [-0.39, 0.29) is 23.1 Å². The molecule has 4 N–H and O–H groups in total. The van der Waals surface area contributed by atoms with E-state index in [4.69, 9.17) is 11.5 Å². The Bertz CT molecular complexity index is 491. The molecule has 2 heterocycles. The molecule has 0 bridgehead atoms. The van der Waals surface area contributed by atoms with Crippen molar-refractivity contribution in [1.82, 2.24) is 19.9 Å². The summed E-state index contributed by atoms with van der Waals surface area (Å²) < 4.78 is 0. The number of anilines is 2. The van der Waals surface area contributed by atoms with E-state index >= 15 is 0 Å². The number of rotatable bonds is 4. The molecule has 1 saturated heterocycles. The molecular formula is C13H22N6OS. The zero-order valence-corrected chi connectivity index (χ0v) is 13.3. The maximum Gasteiger partial charge on any atom is 0.236 e. The largest absolute Gasteiger partial charge is 0.368 e. The summed E-state index contributed by atoms with van der Waals surface area (Å²) in [4.78, 5) is 26.4. The van der Waals surface area contributed by atoms with Crippen LogP contribution in [-0.4, -0.2) is 43.6 Å². The number of aromatic nitrogens is 3. The SMILES string of the molecule is CCC1CCCCN1C(=O)C(C)Sc1nc(N)nc(N)n1. The summed E-state index contributed by atoms with van der Waals surface area (Å²) in [5.74, 6) is 0.284. The fourth-order valence-corrected chi connectivity index (χ4v) is 3.44. The summed E-state index contributed by atoms with van der Waals surface area (Å²) in [5.41, 5.74) is 11.1. The Morgan fingerprint density at radius 1 is 1.33 bits per heavy atom. The highest BCUT2D eigenvalue weighted by Crippen LogP contribution is 2.26. The zero-order chi connectivity index (χ0) is 15.4. The lowest BCUT2D eigenvalue weighted by molar-refractivity contribution is -0.134. The Labute approximate surface area is 128 Å². The number of nitrogen functional groups attached to an aromatic ring is 2. The van der Waals surface area contributed by atoms with Crippen LogP contribution in [0.25, 0.3) is 0 Å². The first-order valence-electron chi connectivity index (χ1n) is 7.25. The fourth-order valence-electron chi connectivity index (χ4n) is 2.60. The van der Waals surface area contributed by atoms with Crippen molar-refractivity contribution in [3.8, 4) is 0 Å². The van der Waals surface area contributed by atoms with Gasteiger partial charge < -0.3 is 16.4 Å². The highest BCUT2D eigenvalue weighted by Gasteiger charge is 2.29. The smallest absolute Gasteiger partial charge is 0.236 e. The average Bonchev–Trinajstić information content (AvgIpc) is 2.45. The molecule has 7 nitrogen and oxygen atoms in total. The Balaban J connectivity index is 2.04. The number of carbonyl (C=O) groups excluding carboxylic acids is 1. The maximum absolute atomic E-state index is 12.6. The molecule has 0 aromatic carbocycles. The maximum atomic E-state index is 12.6. The zero-order valence-electron chi connectivity index (χ0n) is 12.5. The van der Waals surface area contributed by atoms with Gasteiger partial charge in [0, 0.05) is 12.6 Å². The van der Waals surface area contributed by atoms with Gasteiger partial charge in [-0.2, -0.15) is 15.0 Å². The van der Waals surface area contributed by atoms with E-state index in [1.165, 1.54) is 18.2 Å². The van der Waals surface area contributed by atoms with Crippen LogP contribution in [0.1, 0.15) is 39.5 Å². The minimum absolute atomic E-state index is 0.0778. The van der Waals surface area contributed by atoms with Crippen molar-refractivity contribution >= 4 is 29.6 Å². The van der Waals surface area contributed by atoms with Crippen LogP contribution in [0.3, 0.4) is 0 Å². The van der Waals surface area contributed by atoms with Crippen LogP contribution in [0.5, 0.6) is 0 Å². The van der Waals surface area contributed by atoms with Gasteiger partial charge in [-0.15, -0.1) is 0 Å². The van der Waals surface area contributed by atoms with Crippen LogP contribution in [-0.2, 0) is 4.79 Å². The molecule has 1 aliphatic heterocycles. The summed E-state index contributed by atoms with van der Waals surface area (Å²) in [6.45, 7) is 4.83. The van der Waals surface area contributed by atoms with Crippen LogP contribution >= 0.6 is 11.8 Å². The third-order valence-corrected chi connectivity index (χ3v) is 4.61. The van der Waals surface area contributed by atoms with Gasteiger partial charge in [0.1, 0.15) is 0 Å². The number of likely N-dealkylation sites (tertiary alicyclic amines) is 1. The summed E-state index contributed by atoms with van der Waals surface area (Å²) in [6, 6.07) is 0.350. The van der Waals surface area contributed by atoms with Crippen LogP contribution in [0, 0.1) is 0 Å². The van der Waals surface area contributed by atoms with E-state index in [0.29, 0.717) is 11.2 Å². The van der Waals surface area contributed by atoms with Gasteiger partial charge in [-0.3, -0.25) is 4.79 Å². The summed E-state index contributed by atoms with van der Waals surface area (Å²) >= 11 is 1.27. The molecule has 116 valence electrons. The predicted octanol–water partition coefficient (Wildman–Crippen LogP) is 1.31. The highest BCUT2D eigenvalue weighted by atomic mass is 32.2. The molecule has 0 spiro atoms. The standard InChI is InChI=1S/C13H22N6OS/c1-3-9-6-4-5-7-19(9)10(20)8(2)21-13-17-11(14)16-12(15)18-13/h8-9H,3-7H2,1-2H3,(H4,14,15,16,17,18). The molecule has 0 radical (unpaired) electrons. The second-order valence-electron chi connectivity index (χ2n) is 5.18. The van der Waals surface area contributed by atoms with E-state index in [2.05, 4.69) is 21.9 Å². The van der Waals surface area contributed by atoms with Crippen molar-refractivity contribution in [3.05, 3.63) is 0 Å². The molecule has 1 aliphatic rings. The van der Waals surface area contributed by atoms with Gasteiger partial charge in [-0.05, 0) is 32.6 Å². The van der Waals surface area contributed by atoms with Crippen molar-refractivity contribution < 1.29 is 4.79 Å². The lowest BCUT2D eigenvalue weighted by Crippen LogP contribution is -2.46. The number of nitrogens with zero attached hydrogens (tertiary/aromatic N) is 4. The number of thioether (sulfide) groups is 1. The lowest BCUT2D eigenvalue weighted by atomic mass is 10.00. The van der Waals surface area contributed by atoms with Crippen molar-refractivity contribution in [2.24, 2.45) is 0 Å². The second kappa shape index (κ2) is 6.93. The van der Waals surface area contributed by atoms with Gasteiger partial charge in [-0.25, -0.2) is 0 Å². The molecule has 0 aliphatic carbocycles. The molecule has 21 heavy (non-hydrogen) atoms. The fraction of sp³-hybridized carbons (Fsp3) is 0.692. The summed E-state index contributed by atoms with van der Waals surface area (Å²) in [6.07, 6.45) is 4.36. The number of amides is 1. The molecule has 1 amide bonds. The highest BCUT2D eigenvalue weighted by molar-refractivity contribution is 8.00. The molecule has 0 saturated carbocycles. The minimum Gasteiger partial charge on any atom is -0.368 e.